The Morgan fingerprint density at radius 2 is 2.10 bits per heavy atom. The van der Waals surface area contributed by atoms with E-state index in [-0.39, 0.29) is 12.5 Å². The molecule has 0 aromatic rings. The summed E-state index contributed by atoms with van der Waals surface area (Å²) in [7, 11) is 0. The third kappa shape index (κ3) is 3.45. The highest BCUT2D eigenvalue weighted by molar-refractivity contribution is 5.76. The zero-order valence-corrected chi connectivity index (χ0v) is 6.50. The van der Waals surface area contributed by atoms with E-state index < -0.39 is 5.91 Å². The average molecular weight is 145 g/mol. The molecule has 0 unspecified atom stereocenters. The molecule has 0 rings (SSSR count). The normalized spacial score (nSPS) is 13.6. The molecule has 3 nitrogen and oxygen atoms in total. The lowest BCUT2D eigenvalue weighted by Gasteiger charge is -2.11. The second-order valence-corrected chi connectivity index (χ2v) is 2.91. The summed E-state index contributed by atoms with van der Waals surface area (Å²) in [6, 6.07) is 0. The molecule has 0 aliphatic carbocycles. The van der Waals surface area contributed by atoms with Gasteiger partial charge in [0.05, 0.1) is 12.5 Å². The molecule has 0 heterocycles. The van der Waals surface area contributed by atoms with Crippen molar-refractivity contribution in [3.8, 4) is 0 Å². The van der Waals surface area contributed by atoms with Crippen LogP contribution >= 0.6 is 0 Å². The van der Waals surface area contributed by atoms with Crippen LogP contribution in [0.3, 0.4) is 0 Å². The summed E-state index contributed by atoms with van der Waals surface area (Å²) in [5.74, 6) is -0.360. The van der Waals surface area contributed by atoms with Gasteiger partial charge in [0.25, 0.3) is 0 Å². The number of carbonyl (C=O) groups is 1. The van der Waals surface area contributed by atoms with Crippen LogP contribution in [0.5, 0.6) is 0 Å². The van der Waals surface area contributed by atoms with Gasteiger partial charge in [-0.3, -0.25) is 4.79 Å². The van der Waals surface area contributed by atoms with Gasteiger partial charge in [0, 0.05) is 0 Å². The minimum Gasteiger partial charge on any atom is -0.396 e. The molecule has 0 aliphatic rings. The third-order valence-electron chi connectivity index (χ3n) is 1.38. The first kappa shape index (κ1) is 9.43. The number of aliphatic hydroxyl groups is 1. The second-order valence-electron chi connectivity index (χ2n) is 2.91. The minimum atomic E-state index is -0.406. The number of amides is 1. The van der Waals surface area contributed by atoms with E-state index in [0.717, 1.165) is 0 Å². The fraction of sp³-hybridized carbons (Fsp3) is 0.857. The summed E-state index contributed by atoms with van der Waals surface area (Å²) in [5, 5.41) is 8.64. The first-order chi connectivity index (χ1) is 4.57. The molecular weight excluding hydrogens is 130 g/mol. The van der Waals surface area contributed by atoms with Crippen molar-refractivity contribution in [3.05, 3.63) is 0 Å². The molecular formula is C7H15NO2. The largest absolute Gasteiger partial charge is 0.396 e. The number of nitrogens with two attached hydrogens (primary N) is 1. The molecule has 0 aliphatic heterocycles. The van der Waals surface area contributed by atoms with Crippen molar-refractivity contribution in [1.82, 2.24) is 0 Å². The van der Waals surface area contributed by atoms with Crippen LogP contribution in [0.15, 0.2) is 0 Å². The summed E-state index contributed by atoms with van der Waals surface area (Å²) in [6.07, 6.45) is 0.672. The maximum absolute atomic E-state index is 10.5. The Morgan fingerprint density at radius 1 is 1.60 bits per heavy atom. The second kappa shape index (κ2) is 4.28. The van der Waals surface area contributed by atoms with Gasteiger partial charge < -0.3 is 10.8 Å². The molecule has 10 heavy (non-hydrogen) atoms. The lowest BCUT2D eigenvalue weighted by atomic mass is 9.97. The summed E-state index contributed by atoms with van der Waals surface area (Å²) in [4.78, 5) is 10.5. The zero-order valence-electron chi connectivity index (χ0n) is 6.50. The Labute approximate surface area is 61.2 Å². The van der Waals surface area contributed by atoms with Gasteiger partial charge in [0.1, 0.15) is 0 Å². The van der Waals surface area contributed by atoms with Crippen LogP contribution in [0, 0.1) is 11.8 Å². The molecule has 3 heteroatoms. The van der Waals surface area contributed by atoms with Crippen LogP contribution in [-0.2, 0) is 4.79 Å². The summed E-state index contributed by atoms with van der Waals surface area (Å²) >= 11 is 0. The van der Waals surface area contributed by atoms with Gasteiger partial charge in [-0.1, -0.05) is 13.8 Å². The minimum absolute atomic E-state index is 0.131. The van der Waals surface area contributed by atoms with E-state index in [1.807, 2.05) is 13.8 Å². The smallest absolute Gasteiger partial charge is 0.222 e. The van der Waals surface area contributed by atoms with Crippen molar-refractivity contribution in [1.29, 1.82) is 0 Å². The molecule has 0 spiro atoms. The topological polar surface area (TPSA) is 63.3 Å². The van der Waals surface area contributed by atoms with E-state index >= 15 is 0 Å². The van der Waals surface area contributed by atoms with E-state index in [4.69, 9.17) is 10.8 Å². The first-order valence-corrected chi connectivity index (χ1v) is 3.48. The average Bonchev–Trinajstić information content (AvgIpc) is 1.81. The van der Waals surface area contributed by atoms with Gasteiger partial charge in [0.15, 0.2) is 0 Å². The van der Waals surface area contributed by atoms with E-state index in [1.54, 1.807) is 0 Å². The molecule has 0 saturated heterocycles. The Balaban J connectivity index is 3.72. The molecule has 0 radical (unpaired) electrons. The zero-order chi connectivity index (χ0) is 8.15. The predicted octanol–water partition coefficient (Wildman–Crippen LogP) is 0.126. The van der Waals surface area contributed by atoms with Crippen LogP contribution in [0.25, 0.3) is 0 Å². The maximum Gasteiger partial charge on any atom is 0.222 e. The summed E-state index contributed by atoms with van der Waals surface area (Å²) < 4.78 is 0. The van der Waals surface area contributed by atoms with Gasteiger partial charge >= 0.3 is 0 Å². The number of carbonyl (C=O) groups excluding carboxylic acids is 1. The SMILES string of the molecule is CC(C)C[C@@H](CO)C(N)=O. The van der Waals surface area contributed by atoms with Crippen molar-refractivity contribution < 1.29 is 9.90 Å². The molecule has 1 amide bonds. The quantitative estimate of drug-likeness (QED) is 0.590. The Morgan fingerprint density at radius 3 is 2.20 bits per heavy atom. The molecule has 0 aromatic carbocycles. The monoisotopic (exact) mass is 145 g/mol. The van der Waals surface area contributed by atoms with E-state index in [9.17, 15) is 4.79 Å². The van der Waals surface area contributed by atoms with Crippen molar-refractivity contribution in [3.63, 3.8) is 0 Å². The highest BCUT2D eigenvalue weighted by Gasteiger charge is 2.14. The van der Waals surface area contributed by atoms with Crippen molar-refractivity contribution >= 4 is 5.91 Å². The van der Waals surface area contributed by atoms with Crippen molar-refractivity contribution in [2.75, 3.05) is 6.61 Å². The van der Waals surface area contributed by atoms with Crippen LogP contribution in [0.4, 0.5) is 0 Å². The Hall–Kier alpha value is -0.570. The molecule has 0 bridgehead atoms. The number of primary amides is 1. The number of hydrogen-bond donors (Lipinski definition) is 2. The van der Waals surface area contributed by atoms with E-state index in [0.29, 0.717) is 12.3 Å². The molecule has 0 fully saturated rings. The number of rotatable bonds is 4. The van der Waals surface area contributed by atoms with Crippen LogP contribution in [0.2, 0.25) is 0 Å². The molecule has 1 atom stereocenters. The number of hydrogen-bond acceptors (Lipinski definition) is 2. The van der Waals surface area contributed by atoms with Gasteiger partial charge in [0.2, 0.25) is 5.91 Å². The van der Waals surface area contributed by atoms with E-state index in [1.165, 1.54) is 0 Å². The molecule has 0 aromatic heterocycles. The van der Waals surface area contributed by atoms with Gasteiger partial charge in [-0.15, -0.1) is 0 Å². The van der Waals surface area contributed by atoms with Gasteiger partial charge in [-0.2, -0.15) is 0 Å². The van der Waals surface area contributed by atoms with Gasteiger partial charge in [-0.05, 0) is 12.3 Å². The van der Waals surface area contributed by atoms with Gasteiger partial charge in [-0.25, -0.2) is 0 Å². The lowest BCUT2D eigenvalue weighted by Crippen LogP contribution is -2.27. The Bertz CT molecular complexity index is 112. The first-order valence-electron chi connectivity index (χ1n) is 3.48. The predicted molar refractivity (Wildman–Crippen MR) is 39.2 cm³/mol. The molecule has 3 N–H and O–H groups in total. The van der Waals surface area contributed by atoms with Crippen LogP contribution in [0.1, 0.15) is 20.3 Å². The van der Waals surface area contributed by atoms with Crippen LogP contribution < -0.4 is 5.73 Å². The molecule has 60 valence electrons. The fourth-order valence-electron chi connectivity index (χ4n) is 0.850. The highest BCUT2D eigenvalue weighted by Crippen LogP contribution is 2.09. The third-order valence-corrected chi connectivity index (χ3v) is 1.38. The summed E-state index contributed by atoms with van der Waals surface area (Å²) in [6.45, 7) is 3.85. The standard InChI is InChI=1S/C7H15NO2/c1-5(2)3-6(4-9)7(8)10/h5-6,9H,3-4H2,1-2H3,(H2,8,10)/t6-/m0/s1. The Kier molecular flexibility index (Phi) is 4.03. The lowest BCUT2D eigenvalue weighted by molar-refractivity contribution is -0.123. The summed E-state index contributed by atoms with van der Waals surface area (Å²) in [5.41, 5.74) is 5.00. The van der Waals surface area contributed by atoms with Crippen molar-refractivity contribution in [2.45, 2.75) is 20.3 Å². The van der Waals surface area contributed by atoms with Crippen molar-refractivity contribution in [2.24, 2.45) is 17.6 Å². The highest BCUT2D eigenvalue weighted by atomic mass is 16.3. The molecule has 0 saturated carbocycles. The van der Waals surface area contributed by atoms with E-state index in [2.05, 4.69) is 0 Å². The fourth-order valence-corrected chi connectivity index (χ4v) is 0.850. The maximum atomic E-state index is 10.5. The number of aliphatic hydroxyl groups excluding tert-OH is 1. The van der Waals surface area contributed by atoms with Crippen LogP contribution in [-0.4, -0.2) is 17.6 Å².